The molecule has 0 saturated heterocycles. The summed E-state index contributed by atoms with van der Waals surface area (Å²) in [5, 5.41) is 4.82. The molecule has 164 valence electrons. The number of pyridine rings is 1. The molecule has 4 N–H and O–H groups in total. The minimum Gasteiger partial charge on any atom is -0.370 e. The van der Waals surface area contributed by atoms with Crippen LogP contribution in [0.15, 0.2) is 61.6 Å². The SMILES string of the molecule is C=C(CN(CCNCN)C(=C)CCCC)c1ccc2c(Cl)cc(-c3cc[nH]c3)nc2c1. The van der Waals surface area contributed by atoms with Crippen molar-refractivity contribution in [2.75, 3.05) is 26.3 Å². The first-order chi connectivity index (χ1) is 15.0. The first kappa shape index (κ1) is 23.1. The monoisotopic (exact) mass is 437 g/mol. The van der Waals surface area contributed by atoms with E-state index in [0.29, 0.717) is 18.2 Å². The van der Waals surface area contributed by atoms with E-state index in [2.05, 4.69) is 47.4 Å². The van der Waals surface area contributed by atoms with Crippen molar-refractivity contribution in [1.29, 1.82) is 0 Å². The third kappa shape index (κ3) is 5.97. The molecule has 0 unspecified atom stereocenters. The van der Waals surface area contributed by atoms with Crippen LogP contribution in [0.25, 0.3) is 27.7 Å². The summed E-state index contributed by atoms with van der Waals surface area (Å²) in [6, 6.07) is 10.1. The Kier molecular flexibility index (Phi) is 8.29. The van der Waals surface area contributed by atoms with Crippen molar-refractivity contribution in [2.45, 2.75) is 26.2 Å². The van der Waals surface area contributed by atoms with Crippen LogP contribution in [0, 0.1) is 0 Å². The number of hydrogen-bond acceptors (Lipinski definition) is 4. The second-order valence-electron chi connectivity index (χ2n) is 7.72. The number of hydrogen-bond donors (Lipinski definition) is 3. The zero-order chi connectivity index (χ0) is 22.2. The second-order valence-corrected chi connectivity index (χ2v) is 8.13. The van der Waals surface area contributed by atoms with Gasteiger partial charge in [-0.1, -0.05) is 50.2 Å². The van der Waals surface area contributed by atoms with Gasteiger partial charge in [-0.2, -0.15) is 0 Å². The smallest absolute Gasteiger partial charge is 0.0739 e. The third-order valence-electron chi connectivity index (χ3n) is 5.41. The maximum atomic E-state index is 6.55. The van der Waals surface area contributed by atoms with E-state index in [4.69, 9.17) is 22.3 Å². The van der Waals surface area contributed by atoms with E-state index >= 15 is 0 Å². The highest BCUT2D eigenvalue weighted by atomic mass is 35.5. The highest BCUT2D eigenvalue weighted by Crippen LogP contribution is 2.30. The number of allylic oxidation sites excluding steroid dienone is 1. The Morgan fingerprint density at radius 2 is 2.10 bits per heavy atom. The maximum Gasteiger partial charge on any atom is 0.0739 e. The van der Waals surface area contributed by atoms with E-state index < -0.39 is 0 Å². The zero-order valence-electron chi connectivity index (χ0n) is 18.3. The predicted octanol–water partition coefficient (Wildman–Crippen LogP) is 5.41. The molecule has 6 heteroatoms. The van der Waals surface area contributed by atoms with E-state index in [1.807, 2.05) is 30.6 Å². The summed E-state index contributed by atoms with van der Waals surface area (Å²) in [7, 11) is 0. The molecule has 2 aromatic heterocycles. The number of fused-ring (bicyclic) bond motifs is 1. The molecule has 31 heavy (non-hydrogen) atoms. The van der Waals surface area contributed by atoms with E-state index in [-0.39, 0.29) is 0 Å². The number of aromatic amines is 1. The molecule has 0 aliphatic carbocycles. The van der Waals surface area contributed by atoms with Crippen molar-refractivity contribution >= 4 is 28.1 Å². The fourth-order valence-corrected chi connectivity index (χ4v) is 3.83. The summed E-state index contributed by atoms with van der Waals surface area (Å²) in [4.78, 5) is 10.2. The van der Waals surface area contributed by atoms with Gasteiger partial charge in [0.1, 0.15) is 0 Å². The largest absolute Gasteiger partial charge is 0.370 e. The minimum absolute atomic E-state index is 0.469. The van der Waals surface area contributed by atoms with Crippen LogP contribution in [0.4, 0.5) is 0 Å². The lowest BCUT2D eigenvalue weighted by atomic mass is 10.0. The first-order valence-corrected chi connectivity index (χ1v) is 11.2. The molecule has 0 radical (unpaired) electrons. The lowest BCUT2D eigenvalue weighted by molar-refractivity contribution is 0.365. The fourth-order valence-electron chi connectivity index (χ4n) is 3.56. The quantitative estimate of drug-likeness (QED) is 0.262. The molecule has 0 aliphatic heterocycles. The Bertz CT molecular complexity index is 1030. The predicted molar refractivity (Wildman–Crippen MR) is 133 cm³/mol. The maximum absolute atomic E-state index is 6.55. The van der Waals surface area contributed by atoms with Gasteiger partial charge in [-0.3, -0.25) is 0 Å². The third-order valence-corrected chi connectivity index (χ3v) is 5.72. The van der Waals surface area contributed by atoms with Gasteiger partial charge < -0.3 is 20.9 Å². The van der Waals surface area contributed by atoms with Crippen LogP contribution in [0.2, 0.25) is 5.02 Å². The Balaban J connectivity index is 1.82. The molecule has 3 aromatic rings. The van der Waals surface area contributed by atoms with Crippen LogP contribution in [0.3, 0.4) is 0 Å². The van der Waals surface area contributed by atoms with E-state index in [0.717, 1.165) is 71.3 Å². The van der Waals surface area contributed by atoms with Gasteiger partial charge in [-0.15, -0.1) is 0 Å². The summed E-state index contributed by atoms with van der Waals surface area (Å²) in [6.45, 7) is 13.7. The van der Waals surface area contributed by atoms with Crippen LogP contribution in [0.1, 0.15) is 31.7 Å². The topological polar surface area (TPSA) is 70.0 Å². The van der Waals surface area contributed by atoms with Gasteiger partial charge in [0.2, 0.25) is 0 Å². The molecule has 0 amide bonds. The van der Waals surface area contributed by atoms with Crippen molar-refractivity contribution < 1.29 is 0 Å². The van der Waals surface area contributed by atoms with Gasteiger partial charge in [0.05, 0.1) is 16.2 Å². The number of rotatable bonds is 12. The lowest BCUT2D eigenvalue weighted by Gasteiger charge is -2.28. The summed E-state index contributed by atoms with van der Waals surface area (Å²) in [6.07, 6.45) is 7.07. The Morgan fingerprint density at radius 3 is 2.81 bits per heavy atom. The van der Waals surface area contributed by atoms with Crippen LogP contribution >= 0.6 is 11.6 Å². The molecular weight excluding hydrogens is 406 g/mol. The summed E-state index contributed by atoms with van der Waals surface area (Å²) in [5.41, 5.74) is 11.5. The van der Waals surface area contributed by atoms with Crippen LogP contribution < -0.4 is 11.1 Å². The van der Waals surface area contributed by atoms with Crippen molar-refractivity contribution in [1.82, 2.24) is 20.2 Å². The van der Waals surface area contributed by atoms with Crippen molar-refractivity contribution in [3.8, 4) is 11.3 Å². The molecular formula is C25H32ClN5. The summed E-state index contributed by atoms with van der Waals surface area (Å²) >= 11 is 6.55. The van der Waals surface area contributed by atoms with E-state index in [1.54, 1.807) is 0 Å². The average molecular weight is 438 g/mol. The molecule has 0 aliphatic rings. The minimum atomic E-state index is 0.469. The van der Waals surface area contributed by atoms with Crippen LogP contribution in [0.5, 0.6) is 0 Å². The highest BCUT2D eigenvalue weighted by molar-refractivity contribution is 6.35. The number of nitrogens with one attached hydrogen (secondary N) is 2. The molecule has 0 atom stereocenters. The standard InChI is InChI=1S/C25H32ClN5/c1-4-5-6-19(3)31(12-11-29-17-27)16-18(2)20-7-8-22-23(26)14-24(30-25(22)13-20)21-9-10-28-15-21/h7-10,13-15,28-29H,2-6,11-12,16-17,27H2,1H3. The van der Waals surface area contributed by atoms with Gasteiger partial charge in [-0.05, 0) is 42.2 Å². The van der Waals surface area contributed by atoms with Crippen LogP contribution in [-0.2, 0) is 0 Å². The highest BCUT2D eigenvalue weighted by Gasteiger charge is 2.12. The first-order valence-electron chi connectivity index (χ1n) is 10.8. The Hall–Kier alpha value is -2.60. The number of benzene rings is 1. The summed E-state index contributed by atoms with van der Waals surface area (Å²) in [5.74, 6) is 0. The summed E-state index contributed by atoms with van der Waals surface area (Å²) < 4.78 is 0. The molecule has 3 rings (SSSR count). The van der Waals surface area contributed by atoms with E-state index in [1.165, 1.54) is 0 Å². The molecule has 2 heterocycles. The van der Waals surface area contributed by atoms with Gasteiger partial charge in [0.25, 0.3) is 0 Å². The number of H-pyrrole nitrogens is 1. The lowest BCUT2D eigenvalue weighted by Crippen LogP contribution is -2.34. The normalized spacial score (nSPS) is 11.1. The molecule has 1 aromatic carbocycles. The molecule has 5 nitrogen and oxygen atoms in total. The van der Waals surface area contributed by atoms with Gasteiger partial charge >= 0.3 is 0 Å². The van der Waals surface area contributed by atoms with Crippen LogP contribution in [-0.4, -0.2) is 41.2 Å². The molecule has 0 fully saturated rings. The van der Waals surface area contributed by atoms with E-state index in [9.17, 15) is 0 Å². The molecule has 0 spiro atoms. The zero-order valence-corrected chi connectivity index (χ0v) is 19.0. The van der Waals surface area contributed by atoms with Crippen molar-refractivity contribution in [3.05, 3.63) is 72.2 Å². The number of nitrogens with zero attached hydrogens (tertiary/aromatic N) is 2. The fraction of sp³-hybridized carbons (Fsp3) is 0.320. The number of aromatic nitrogens is 2. The van der Waals surface area contributed by atoms with Gasteiger partial charge in [0, 0.05) is 55.3 Å². The number of nitrogens with two attached hydrogens (primary N) is 1. The molecule has 0 bridgehead atoms. The van der Waals surface area contributed by atoms with Crippen molar-refractivity contribution in [3.63, 3.8) is 0 Å². The molecule has 0 saturated carbocycles. The Labute approximate surface area is 190 Å². The van der Waals surface area contributed by atoms with Gasteiger partial charge in [0.15, 0.2) is 0 Å². The number of unbranched alkanes of at least 4 members (excludes halogenated alkanes) is 1. The number of halogens is 1. The van der Waals surface area contributed by atoms with Gasteiger partial charge in [-0.25, -0.2) is 4.98 Å². The second kappa shape index (κ2) is 11.1. The average Bonchev–Trinajstić information content (AvgIpc) is 3.31. The van der Waals surface area contributed by atoms with Crippen molar-refractivity contribution in [2.24, 2.45) is 5.73 Å². The Morgan fingerprint density at radius 1 is 1.26 bits per heavy atom.